The fourth-order valence-electron chi connectivity index (χ4n) is 2.72. The Labute approximate surface area is 135 Å². The Balaban J connectivity index is 2.45. The summed E-state index contributed by atoms with van der Waals surface area (Å²) in [5, 5.41) is 18.3. The van der Waals surface area contributed by atoms with Gasteiger partial charge in [-0.25, -0.2) is 4.79 Å². The molecule has 0 heterocycles. The second-order valence-corrected chi connectivity index (χ2v) is 12.7. The van der Waals surface area contributed by atoms with Crippen LogP contribution in [0.2, 0.25) is 18.1 Å². The summed E-state index contributed by atoms with van der Waals surface area (Å²) < 4.78 is 6.46. The standard InChI is InChI=1S/C16H33NO4Si/c1-16(2,3)22(4,5)21-14-8-6-13(7-9-14)12-17(10-11-18)15(19)20/h13-14,18H,6-12H2,1-5H3,(H,19,20). The Bertz CT molecular complexity index is 360. The number of nitrogens with zero attached hydrogens (tertiary/aromatic N) is 1. The average molecular weight is 332 g/mol. The van der Waals surface area contributed by atoms with Crippen molar-refractivity contribution >= 4 is 14.4 Å². The van der Waals surface area contributed by atoms with Gasteiger partial charge in [0, 0.05) is 19.2 Å². The molecule has 130 valence electrons. The van der Waals surface area contributed by atoms with Crippen molar-refractivity contribution in [2.45, 2.75) is 70.7 Å². The van der Waals surface area contributed by atoms with Gasteiger partial charge in [0.15, 0.2) is 8.32 Å². The Kier molecular flexibility index (Phi) is 6.89. The molecule has 0 aromatic rings. The predicted molar refractivity (Wildman–Crippen MR) is 90.7 cm³/mol. The van der Waals surface area contributed by atoms with Gasteiger partial charge in [-0.1, -0.05) is 20.8 Å². The molecule has 0 saturated heterocycles. The highest BCUT2D eigenvalue weighted by atomic mass is 28.4. The van der Waals surface area contributed by atoms with Gasteiger partial charge in [-0.3, -0.25) is 0 Å². The highest BCUT2D eigenvalue weighted by Gasteiger charge is 2.39. The molecular weight excluding hydrogens is 298 g/mol. The Morgan fingerprint density at radius 2 is 1.77 bits per heavy atom. The molecule has 1 aliphatic rings. The van der Waals surface area contributed by atoms with E-state index in [1.165, 1.54) is 4.90 Å². The summed E-state index contributed by atoms with van der Waals surface area (Å²) in [4.78, 5) is 12.5. The molecule has 0 aromatic heterocycles. The lowest BCUT2D eigenvalue weighted by Crippen LogP contribution is -2.45. The Hall–Kier alpha value is -0.593. The molecular formula is C16H33NO4Si. The molecule has 0 spiro atoms. The van der Waals surface area contributed by atoms with Gasteiger partial charge < -0.3 is 19.5 Å². The fraction of sp³-hybridized carbons (Fsp3) is 0.938. The van der Waals surface area contributed by atoms with E-state index in [0.29, 0.717) is 18.6 Å². The highest BCUT2D eigenvalue weighted by molar-refractivity contribution is 6.74. The molecule has 0 aromatic carbocycles. The number of carbonyl (C=O) groups is 1. The SMILES string of the molecule is CC(C)(C)[Si](C)(C)OC1CCC(CN(CCO)C(=O)O)CC1. The van der Waals surface area contributed by atoms with Crippen LogP contribution in [-0.4, -0.2) is 55.3 Å². The van der Waals surface area contributed by atoms with E-state index >= 15 is 0 Å². The molecule has 5 nitrogen and oxygen atoms in total. The summed E-state index contributed by atoms with van der Waals surface area (Å²) in [5.74, 6) is 0.391. The van der Waals surface area contributed by atoms with Gasteiger partial charge >= 0.3 is 6.09 Å². The van der Waals surface area contributed by atoms with Gasteiger partial charge in [-0.2, -0.15) is 0 Å². The van der Waals surface area contributed by atoms with Crippen LogP contribution in [-0.2, 0) is 4.43 Å². The number of carboxylic acid groups (broad SMARTS) is 1. The normalized spacial score (nSPS) is 23.4. The number of rotatable bonds is 6. The quantitative estimate of drug-likeness (QED) is 0.730. The smallest absolute Gasteiger partial charge is 0.407 e. The summed E-state index contributed by atoms with van der Waals surface area (Å²) in [7, 11) is -1.71. The molecule has 0 bridgehead atoms. The fourth-order valence-corrected chi connectivity index (χ4v) is 4.15. The Morgan fingerprint density at radius 1 is 1.23 bits per heavy atom. The largest absolute Gasteiger partial charge is 0.465 e. The van der Waals surface area contributed by atoms with Crippen molar-refractivity contribution < 1.29 is 19.4 Å². The van der Waals surface area contributed by atoms with Crippen molar-refractivity contribution in [3.8, 4) is 0 Å². The third-order valence-electron chi connectivity index (χ3n) is 5.18. The number of amides is 1. The van der Waals surface area contributed by atoms with Crippen LogP contribution in [0.15, 0.2) is 0 Å². The van der Waals surface area contributed by atoms with Gasteiger partial charge in [0.05, 0.1) is 6.61 Å². The lowest BCUT2D eigenvalue weighted by Gasteiger charge is -2.41. The van der Waals surface area contributed by atoms with E-state index in [1.54, 1.807) is 0 Å². The van der Waals surface area contributed by atoms with E-state index in [2.05, 4.69) is 33.9 Å². The molecule has 2 N–H and O–H groups in total. The lowest BCUT2D eigenvalue weighted by molar-refractivity contribution is 0.0894. The molecule has 6 heteroatoms. The monoisotopic (exact) mass is 331 g/mol. The van der Waals surface area contributed by atoms with E-state index in [0.717, 1.165) is 25.7 Å². The van der Waals surface area contributed by atoms with E-state index in [-0.39, 0.29) is 18.2 Å². The summed E-state index contributed by atoms with van der Waals surface area (Å²) in [6.07, 6.45) is 3.44. The second-order valence-electron chi connectivity index (χ2n) is 7.97. The van der Waals surface area contributed by atoms with Crippen molar-refractivity contribution in [2.24, 2.45) is 5.92 Å². The first-order valence-corrected chi connectivity index (χ1v) is 11.2. The van der Waals surface area contributed by atoms with Crippen LogP contribution < -0.4 is 0 Å². The molecule has 0 radical (unpaired) electrons. The highest BCUT2D eigenvalue weighted by Crippen LogP contribution is 2.39. The Morgan fingerprint density at radius 3 is 2.18 bits per heavy atom. The maximum atomic E-state index is 11.1. The molecule has 1 aliphatic carbocycles. The molecule has 1 saturated carbocycles. The zero-order chi connectivity index (χ0) is 17.0. The summed E-state index contributed by atoms with van der Waals surface area (Å²) >= 11 is 0. The molecule has 0 aliphatic heterocycles. The van der Waals surface area contributed by atoms with Crippen LogP contribution in [0.25, 0.3) is 0 Å². The molecule has 1 amide bonds. The van der Waals surface area contributed by atoms with Crippen molar-refractivity contribution in [1.82, 2.24) is 4.90 Å². The van der Waals surface area contributed by atoms with Gasteiger partial charge in [0.2, 0.25) is 0 Å². The third-order valence-corrected chi connectivity index (χ3v) is 9.72. The van der Waals surface area contributed by atoms with Crippen molar-refractivity contribution in [3.63, 3.8) is 0 Å². The minimum absolute atomic E-state index is 0.115. The van der Waals surface area contributed by atoms with Gasteiger partial charge in [-0.05, 0) is 49.7 Å². The van der Waals surface area contributed by atoms with Crippen molar-refractivity contribution in [1.29, 1.82) is 0 Å². The molecule has 0 unspecified atom stereocenters. The van der Waals surface area contributed by atoms with Crippen LogP contribution >= 0.6 is 0 Å². The van der Waals surface area contributed by atoms with Crippen LogP contribution in [0.1, 0.15) is 46.5 Å². The summed E-state index contributed by atoms with van der Waals surface area (Å²) in [6, 6.07) is 0. The van der Waals surface area contributed by atoms with E-state index in [1.807, 2.05) is 0 Å². The van der Waals surface area contributed by atoms with Crippen LogP contribution in [0.5, 0.6) is 0 Å². The van der Waals surface area contributed by atoms with Crippen LogP contribution in [0, 0.1) is 5.92 Å². The second kappa shape index (κ2) is 7.79. The predicted octanol–water partition coefficient (Wildman–Crippen LogP) is 3.54. The van der Waals surface area contributed by atoms with Crippen LogP contribution in [0.4, 0.5) is 4.79 Å². The summed E-state index contributed by atoms with van der Waals surface area (Å²) in [6.45, 7) is 12.0. The van der Waals surface area contributed by atoms with E-state index < -0.39 is 14.4 Å². The first kappa shape index (κ1) is 19.5. The van der Waals surface area contributed by atoms with E-state index in [4.69, 9.17) is 14.6 Å². The molecule has 0 atom stereocenters. The zero-order valence-corrected chi connectivity index (χ0v) is 15.8. The minimum Gasteiger partial charge on any atom is -0.465 e. The molecule has 1 fully saturated rings. The van der Waals surface area contributed by atoms with Crippen LogP contribution in [0.3, 0.4) is 0 Å². The van der Waals surface area contributed by atoms with Gasteiger partial charge in [0.25, 0.3) is 0 Å². The number of hydrogen-bond donors (Lipinski definition) is 2. The van der Waals surface area contributed by atoms with Crippen molar-refractivity contribution in [3.05, 3.63) is 0 Å². The topological polar surface area (TPSA) is 70.0 Å². The maximum Gasteiger partial charge on any atom is 0.407 e. The average Bonchev–Trinajstić information content (AvgIpc) is 2.38. The first-order chi connectivity index (χ1) is 10.1. The number of hydrogen-bond acceptors (Lipinski definition) is 3. The minimum atomic E-state index is -1.71. The third kappa shape index (κ3) is 5.55. The van der Waals surface area contributed by atoms with Crippen molar-refractivity contribution in [2.75, 3.05) is 19.7 Å². The number of aliphatic hydroxyl groups is 1. The number of aliphatic hydroxyl groups excluding tert-OH is 1. The first-order valence-electron chi connectivity index (χ1n) is 8.33. The zero-order valence-electron chi connectivity index (χ0n) is 14.8. The van der Waals surface area contributed by atoms with Gasteiger partial charge in [0.1, 0.15) is 0 Å². The van der Waals surface area contributed by atoms with E-state index in [9.17, 15) is 4.79 Å². The van der Waals surface area contributed by atoms with Gasteiger partial charge in [-0.15, -0.1) is 0 Å². The lowest BCUT2D eigenvalue weighted by atomic mass is 9.87. The molecule has 1 rings (SSSR count). The summed E-state index contributed by atoms with van der Waals surface area (Å²) in [5.41, 5.74) is 0. The maximum absolute atomic E-state index is 11.1. The molecule has 22 heavy (non-hydrogen) atoms.